The average molecular weight is 358 g/mol. The molecule has 140 valence electrons. The maximum Gasteiger partial charge on any atom is 0.309 e. The van der Waals surface area contributed by atoms with Crippen LogP contribution in [-0.2, 0) is 16.1 Å². The first-order valence-corrected chi connectivity index (χ1v) is 9.77. The zero-order valence-corrected chi connectivity index (χ0v) is 15.3. The molecule has 4 aliphatic carbocycles. The Kier molecular flexibility index (Phi) is 4.49. The molecule has 0 radical (unpaired) electrons. The van der Waals surface area contributed by atoms with Gasteiger partial charge in [0.25, 0.3) is 0 Å². The van der Waals surface area contributed by atoms with E-state index in [1.54, 1.807) is 12.1 Å². The highest BCUT2D eigenvalue weighted by Gasteiger charge is 2.53. The minimum absolute atomic E-state index is 0.0278. The van der Waals surface area contributed by atoms with Gasteiger partial charge in [-0.3, -0.25) is 9.59 Å². The van der Waals surface area contributed by atoms with Crippen molar-refractivity contribution in [3.8, 4) is 0 Å². The van der Waals surface area contributed by atoms with E-state index in [1.165, 1.54) is 50.7 Å². The second-order valence-electron chi connectivity index (χ2n) is 8.78. The molecule has 26 heavy (non-hydrogen) atoms. The van der Waals surface area contributed by atoms with Crippen LogP contribution >= 0.6 is 0 Å². The summed E-state index contributed by atoms with van der Waals surface area (Å²) >= 11 is 0. The van der Waals surface area contributed by atoms with Gasteiger partial charge in [-0.25, -0.2) is 4.39 Å². The van der Waals surface area contributed by atoms with Crippen molar-refractivity contribution in [2.75, 3.05) is 0 Å². The number of hydrogen-bond donors (Lipinski definition) is 2. The maximum absolute atomic E-state index is 12.9. The Morgan fingerprint density at radius 2 is 1.58 bits per heavy atom. The van der Waals surface area contributed by atoms with Crippen molar-refractivity contribution in [3.05, 3.63) is 35.6 Å². The third-order valence-corrected chi connectivity index (χ3v) is 6.92. The Hall–Kier alpha value is -1.91. The normalized spacial score (nSPS) is 32.9. The highest BCUT2D eigenvalue weighted by molar-refractivity contribution is 6.35. The van der Waals surface area contributed by atoms with Crippen molar-refractivity contribution < 1.29 is 14.0 Å². The molecule has 1 aromatic rings. The minimum Gasteiger partial charge on any atom is -0.345 e. The predicted octanol–water partition coefficient (Wildman–Crippen LogP) is 3.16. The first kappa shape index (κ1) is 17.5. The zero-order chi connectivity index (χ0) is 18.3. The molecule has 4 fully saturated rings. The van der Waals surface area contributed by atoms with Crippen molar-refractivity contribution in [1.29, 1.82) is 0 Å². The Morgan fingerprint density at radius 3 is 2.12 bits per heavy atom. The van der Waals surface area contributed by atoms with E-state index in [4.69, 9.17) is 0 Å². The lowest BCUT2D eigenvalue weighted by Gasteiger charge is -2.59. The van der Waals surface area contributed by atoms with Gasteiger partial charge in [0.05, 0.1) is 0 Å². The number of halogens is 1. The molecule has 2 amide bonds. The van der Waals surface area contributed by atoms with Crippen LogP contribution in [-0.4, -0.2) is 17.9 Å². The number of hydrogen-bond acceptors (Lipinski definition) is 2. The highest BCUT2D eigenvalue weighted by Crippen LogP contribution is 2.61. The fraction of sp³-hybridized carbons (Fsp3) is 0.619. The molecule has 0 heterocycles. The van der Waals surface area contributed by atoms with Gasteiger partial charge in [-0.2, -0.15) is 0 Å². The molecule has 4 aliphatic rings. The Bertz CT molecular complexity index is 665. The van der Waals surface area contributed by atoms with E-state index in [9.17, 15) is 14.0 Å². The smallest absolute Gasteiger partial charge is 0.309 e. The van der Waals surface area contributed by atoms with Crippen molar-refractivity contribution >= 4 is 11.8 Å². The molecule has 4 saturated carbocycles. The van der Waals surface area contributed by atoms with Gasteiger partial charge in [-0.15, -0.1) is 0 Å². The van der Waals surface area contributed by atoms with Crippen LogP contribution in [0.4, 0.5) is 4.39 Å². The third-order valence-electron chi connectivity index (χ3n) is 6.92. The van der Waals surface area contributed by atoms with Crippen LogP contribution in [0.3, 0.4) is 0 Å². The summed E-state index contributed by atoms with van der Waals surface area (Å²) < 4.78 is 12.9. The minimum atomic E-state index is -0.620. The van der Waals surface area contributed by atoms with Crippen molar-refractivity contribution in [2.45, 2.75) is 58.0 Å². The first-order chi connectivity index (χ1) is 12.4. The van der Waals surface area contributed by atoms with Crippen LogP contribution in [0.15, 0.2) is 24.3 Å². The molecule has 5 heteroatoms. The summed E-state index contributed by atoms with van der Waals surface area (Å²) in [7, 11) is 0. The molecular formula is C21H27FN2O2. The monoisotopic (exact) mass is 358 g/mol. The van der Waals surface area contributed by atoms with E-state index in [0.717, 1.165) is 23.3 Å². The Balaban J connectivity index is 1.32. The molecule has 1 unspecified atom stereocenters. The highest BCUT2D eigenvalue weighted by atomic mass is 19.1. The van der Waals surface area contributed by atoms with Gasteiger partial charge in [-0.1, -0.05) is 12.1 Å². The van der Waals surface area contributed by atoms with Crippen LogP contribution in [0.25, 0.3) is 0 Å². The lowest BCUT2D eigenvalue weighted by molar-refractivity contribution is -0.141. The van der Waals surface area contributed by atoms with Crippen molar-refractivity contribution in [1.82, 2.24) is 10.6 Å². The summed E-state index contributed by atoms with van der Waals surface area (Å²) in [6, 6.07) is 5.92. The van der Waals surface area contributed by atoms with E-state index in [-0.39, 0.29) is 23.8 Å². The number of amides is 2. The molecular weight excluding hydrogens is 331 g/mol. The molecule has 4 bridgehead atoms. The second-order valence-corrected chi connectivity index (χ2v) is 8.78. The van der Waals surface area contributed by atoms with E-state index in [2.05, 4.69) is 17.6 Å². The van der Waals surface area contributed by atoms with Gasteiger partial charge in [0.2, 0.25) is 0 Å². The summed E-state index contributed by atoms with van der Waals surface area (Å²) in [5.74, 6) is 0.942. The van der Waals surface area contributed by atoms with E-state index >= 15 is 0 Å². The molecule has 2 N–H and O–H groups in total. The number of carbonyl (C=O) groups is 2. The SMILES string of the molecule is CC(NC(=O)C(=O)NCc1ccc(F)cc1)C12CC3CC(CC(C3)C1)C2. The number of rotatable bonds is 4. The van der Waals surface area contributed by atoms with E-state index in [1.807, 2.05) is 0 Å². The fourth-order valence-corrected chi connectivity index (χ4v) is 5.99. The first-order valence-electron chi connectivity index (χ1n) is 9.77. The summed E-state index contributed by atoms with van der Waals surface area (Å²) in [5.41, 5.74) is 0.948. The lowest BCUT2D eigenvalue weighted by Crippen LogP contribution is -2.57. The summed E-state index contributed by atoms with van der Waals surface area (Å²) in [4.78, 5) is 24.5. The predicted molar refractivity (Wildman–Crippen MR) is 96.5 cm³/mol. The Labute approximate surface area is 153 Å². The molecule has 0 aliphatic heterocycles. The standard InChI is InChI=1S/C21H27FN2O2/c1-13(21-9-15-6-16(10-21)8-17(7-15)11-21)24-20(26)19(25)23-12-14-2-4-18(22)5-3-14/h2-5,13,15-17H,6-12H2,1H3,(H,23,25)(H,24,26). The quantitative estimate of drug-likeness (QED) is 0.813. The van der Waals surface area contributed by atoms with Gasteiger partial charge in [0.15, 0.2) is 0 Å². The van der Waals surface area contributed by atoms with E-state index in [0.29, 0.717) is 0 Å². The molecule has 0 aromatic heterocycles. The van der Waals surface area contributed by atoms with Crippen molar-refractivity contribution in [3.63, 3.8) is 0 Å². The molecule has 0 saturated heterocycles. The van der Waals surface area contributed by atoms with Gasteiger partial charge in [-0.05, 0) is 86.3 Å². The van der Waals surface area contributed by atoms with Gasteiger partial charge in [0, 0.05) is 12.6 Å². The van der Waals surface area contributed by atoms with Crippen LogP contribution in [0.2, 0.25) is 0 Å². The topological polar surface area (TPSA) is 58.2 Å². The van der Waals surface area contributed by atoms with Gasteiger partial charge >= 0.3 is 11.8 Å². The van der Waals surface area contributed by atoms with Gasteiger partial charge in [0.1, 0.15) is 5.82 Å². The largest absolute Gasteiger partial charge is 0.345 e. The zero-order valence-electron chi connectivity index (χ0n) is 15.3. The summed E-state index contributed by atoms with van der Waals surface area (Å²) in [6.07, 6.45) is 7.65. The van der Waals surface area contributed by atoms with Crippen LogP contribution < -0.4 is 10.6 Å². The average Bonchev–Trinajstić information content (AvgIpc) is 2.59. The second kappa shape index (κ2) is 6.67. The van der Waals surface area contributed by atoms with Crippen LogP contribution in [0.1, 0.15) is 51.0 Å². The molecule has 4 nitrogen and oxygen atoms in total. The molecule has 5 rings (SSSR count). The van der Waals surface area contributed by atoms with Gasteiger partial charge < -0.3 is 10.6 Å². The lowest BCUT2D eigenvalue weighted by atomic mass is 9.48. The van der Waals surface area contributed by atoms with Crippen LogP contribution in [0, 0.1) is 29.0 Å². The number of carbonyl (C=O) groups excluding carboxylic acids is 2. The number of nitrogens with one attached hydrogen (secondary N) is 2. The summed E-state index contributed by atoms with van der Waals surface area (Å²) in [6.45, 7) is 2.29. The fourth-order valence-electron chi connectivity index (χ4n) is 5.99. The molecule has 1 aromatic carbocycles. The van der Waals surface area contributed by atoms with Crippen molar-refractivity contribution in [2.24, 2.45) is 23.2 Å². The number of benzene rings is 1. The Morgan fingerprint density at radius 1 is 1.04 bits per heavy atom. The summed E-state index contributed by atoms with van der Waals surface area (Å²) in [5, 5.41) is 5.59. The van der Waals surface area contributed by atoms with E-state index < -0.39 is 11.8 Å². The molecule has 0 spiro atoms. The molecule has 1 atom stereocenters. The third kappa shape index (κ3) is 3.36. The maximum atomic E-state index is 12.9. The van der Waals surface area contributed by atoms with Crippen LogP contribution in [0.5, 0.6) is 0 Å².